The quantitative estimate of drug-likeness (QED) is 0.820. The smallest absolute Gasteiger partial charge is 0.243 e. The number of halogens is 2. The van der Waals surface area contributed by atoms with Gasteiger partial charge in [0.15, 0.2) is 5.82 Å². The van der Waals surface area contributed by atoms with E-state index in [1.165, 1.54) is 11.3 Å². The van der Waals surface area contributed by atoms with Crippen LogP contribution in [0.3, 0.4) is 0 Å². The van der Waals surface area contributed by atoms with Crippen LogP contribution in [-0.4, -0.2) is 13.4 Å². The molecule has 0 aliphatic carbocycles. The second-order valence-corrected chi connectivity index (χ2v) is 7.11. The highest BCUT2D eigenvalue weighted by atomic mass is 32.2. The number of rotatable bonds is 5. The first-order chi connectivity index (χ1) is 9.85. The molecule has 0 atom stereocenters. The van der Waals surface area contributed by atoms with Crippen LogP contribution in [-0.2, 0) is 23.0 Å². The normalized spacial score (nSPS) is 11.8. The minimum atomic E-state index is -4.13. The number of anilines is 1. The number of sulfonamides is 1. The van der Waals surface area contributed by atoms with Crippen LogP contribution >= 0.6 is 11.3 Å². The van der Waals surface area contributed by atoms with Crippen molar-refractivity contribution in [3.8, 4) is 0 Å². The van der Waals surface area contributed by atoms with Gasteiger partial charge in [-0.3, -0.25) is 0 Å². The summed E-state index contributed by atoms with van der Waals surface area (Å²) in [5.74, 6) is -2.30. The Morgan fingerprint density at radius 2 is 2.10 bits per heavy atom. The van der Waals surface area contributed by atoms with Crippen LogP contribution in [0.5, 0.6) is 0 Å². The number of nitrogens with two attached hydrogens (primary N) is 1. The summed E-state index contributed by atoms with van der Waals surface area (Å²) in [7, 11) is -4.13. The molecule has 0 saturated carbocycles. The summed E-state index contributed by atoms with van der Waals surface area (Å²) in [6.07, 6.45) is 2.46. The molecule has 0 bridgehead atoms. The van der Waals surface area contributed by atoms with Gasteiger partial charge in [-0.15, -0.1) is 11.3 Å². The average Bonchev–Trinajstić information content (AvgIpc) is 2.90. The average molecular weight is 333 g/mol. The summed E-state index contributed by atoms with van der Waals surface area (Å²) in [4.78, 5) is 4.38. The number of hydrogen-bond donors (Lipinski definition) is 2. The zero-order chi connectivity index (χ0) is 15.6. The second-order valence-electron chi connectivity index (χ2n) is 4.17. The van der Waals surface area contributed by atoms with Gasteiger partial charge in [0.05, 0.1) is 6.54 Å². The van der Waals surface area contributed by atoms with E-state index in [1.807, 2.05) is 6.92 Å². The molecule has 0 radical (unpaired) electrons. The Kier molecular flexibility index (Phi) is 4.55. The van der Waals surface area contributed by atoms with Gasteiger partial charge in [-0.1, -0.05) is 6.92 Å². The molecule has 2 rings (SSSR count). The van der Waals surface area contributed by atoms with Gasteiger partial charge in [0, 0.05) is 11.1 Å². The van der Waals surface area contributed by atoms with E-state index in [0.717, 1.165) is 23.4 Å². The topological polar surface area (TPSA) is 85.1 Å². The SMILES string of the molecule is CCc1cnc(CNS(=O)(=O)c2ccc(F)c(N)c2F)s1. The number of hydrogen-bond acceptors (Lipinski definition) is 5. The predicted octanol–water partition coefficient (Wildman–Crippen LogP) is 2.04. The molecule has 1 aromatic heterocycles. The van der Waals surface area contributed by atoms with Crippen molar-refractivity contribution < 1.29 is 17.2 Å². The van der Waals surface area contributed by atoms with Crippen molar-refractivity contribution in [3.05, 3.63) is 39.8 Å². The molecule has 5 nitrogen and oxygen atoms in total. The van der Waals surface area contributed by atoms with Gasteiger partial charge in [-0.25, -0.2) is 26.9 Å². The molecule has 0 aliphatic heterocycles. The van der Waals surface area contributed by atoms with E-state index >= 15 is 0 Å². The molecule has 0 saturated heterocycles. The fraction of sp³-hybridized carbons (Fsp3) is 0.250. The van der Waals surface area contributed by atoms with Crippen molar-refractivity contribution in [2.45, 2.75) is 24.8 Å². The van der Waals surface area contributed by atoms with Crippen LogP contribution in [0.25, 0.3) is 0 Å². The summed E-state index contributed by atoms with van der Waals surface area (Å²) in [6, 6.07) is 1.65. The number of nitrogens with one attached hydrogen (secondary N) is 1. The van der Waals surface area contributed by atoms with Crippen LogP contribution in [0.15, 0.2) is 23.2 Å². The molecule has 0 spiro atoms. The lowest BCUT2D eigenvalue weighted by Gasteiger charge is -2.08. The summed E-state index contributed by atoms with van der Waals surface area (Å²) in [5, 5.41) is 0.561. The molecule has 21 heavy (non-hydrogen) atoms. The number of nitrogen functional groups attached to an aromatic ring is 1. The molecule has 9 heteroatoms. The van der Waals surface area contributed by atoms with Crippen molar-refractivity contribution in [1.82, 2.24) is 9.71 Å². The Morgan fingerprint density at radius 3 is 2.71 bits per heavy atom. The first-order valence-corrected chi connectivity index (χ1v) is 8.32. The van der Waals surface area contributed by atoms with Crippen molar-refractivity contribution in [2.75, 3.05) is 5.73 Å². The van der Waals surface area contributed by atoms with E-state index in [0.29, 0.717) is 5.01 Å². The van der Waals surface area contributed by atoms with Crippen molar-refractivity contribution >= 4 is 27.0 Å². The number of benzene rings is 1. The lowest BCUT2D eigenvalue weighted by molar-refractivity contribution is 0.548. The Balaban J connectivity index is 2.21. The Morgan fingerprint density at radius 1 is 1.38 bits per heavy atom. The number of aromatic nitrogens is 1. The van der Waals surface area contributed by atoms with Gasteiger partial charge in [0.1, 0.15) is 21.4 Å². The molecule has 1 aromatic carbocycles. The zero-order valence-electron chi connectivity index (χ0n) is 11.1. The van der Waals surface area contributed by atoms with Crippen LogP contribution in [0.2, 0.25) is 0 Å². The Labute approximate surface area is 124 Å². The fourth-order valence-corrected chi connectivity index (χ4v) is 3.55. The number of thiazole rings is 1. The van der Waals surface area contributed by atoms with Gasteiger partial charge in [-0.05, 0) is 18.6 Å². The third kappa shape index (κ3) is 3.36. The number of nitrogens with zero attached hydrogens (tertiary/aromatic N) is 1. The van der Waals surface area contributed by atoms with E-state index in [4.69, 9.17) is 5.73 Å². The molecule has 0 unspecified atom stereocenters. The van der Waals surface area contributed by atoms with Gasteiger partial charge in [0.2, 0.25) is 10.0 Å². The lowest BCUT2D eigenvalue weighted by Crippen LogP contribution is -2.24. The second kappa shape index (κ2) is 6.04. The maximum absolute atomic E-state index is 13.7. The van der Waals surface area contributed by atoms with Gasteiger partial charge in [-0.2, -0.15) is 0 Å². The van der Waals surface area contributed by atoms with Gasteiger partial charge < -0.3 is 5.73 Å². The minimum absolute atomic E-state index is 0.0658. The first kappa shape index (κ1) is 15.8. The maximum Gasteiger partial charge on any atom is 0.243 e. The van der Waals surface area contributed by atoms with E-state index in [2.05, 4.69) is 9.71 Å². The van der Waals surface area contributed by atoms with Crippen molar-refractivity contribution in [2.24, 2.45) is 0 Å². The van der Waals surface area contributed by atoms with Crippen molar-refractivity contribution in [1.29, 1.82) is 0 Å². The monoisotopic (exact) mass is 333 g/mol. The summed E-state index contributed by atoms with van der Waals surface area (Å²) < 4.78 is 53.0. The molecule has 0 aliphatic rings. The van der Waals surface area contributed by atoms with E-state index in [9.17, 15) is 17.2 Å². The largest absolute Gasteiger partial charge is 0.394 e. The molecular formula is C12H13F2N3O2S2. The van der Waals surface area contributed by atoms with Crippen LogP contribution in [0.4, 0.5) is 14.5 Å². The zero-order valence-corrected chi connectivity index (χ0v) is 12.7. The first-order valence-electron chi connectivity index (χ1n) is 6.02. The third-order valence-corrected chi connectivity index (χ3v) is 5.30. The molecule has 3 N–H and O–H groups in total. The van der Waals surface area contributed by atoms with E-state index in [1.54, 1.807) is 6.20 Å². The molecule has 0 fully saturated rings. The highest BCUT2D eigenvalue weighted by Crippen LogP contribution is 2.23. The van der Waals surface area contributed by atoms with Crippen LogP contribution in [0.1, 0.15) is 16.8 Å². The molecular weight excluding hydrogens is 320 g/mol. The lowest BCUT2D eigenvalue weighted by atomic mass is 10.3. The van der Waals surface area contributed by atoms with Gasteiger partial charge in [0.25, 0.3) is 0 Å². The summed E-state index contributed by atoms with van der Waals surface area (Å²) in [6.45, 7) is 1.89. The third-order valence-electron chi connectivity index (χ3n) is 2.74. The standard InChI is InChI=1S/C12H13F2N3O2S2/c1-2-7-5-16-10(20-7)6-17-21(18,19)9-4-3-8(13)12(15)11(9)14/h3-5,17H,2,6,15H2,1H3. The number of aryl methyl sites for hydroxylation is 1. The van der Waals surface area contributed by atoms with E-state index in [-0.39, 0.29) is 6.54 Å². The van der Waals surface area contributed by atoms with Crippen LogP contribution in [0, 0.1) is 11.6 Å². The Bertz CT molecular complexity index is 760. The fourth-order valence-electron chi connectivity index (χ4n) is 1.58. The maximum atomic E-state index is 13.7. The molecule has 0 amide bonds. The molecule has 1 heterocycles. The van der Waals surface area contributed by atoms with Crippen molar-refractivity contribution in [3.63, 3.8) is 0 Å². The summed E-state index contributed by atoms with van der Waals surface area (Å²) >= 11 is 1.36. The van der Waals surface area contributed by atoms with Crippen LogP contribution < -0.4 is 10.5 Å². The predicted molar refractivity (Wildman–Crippen MR) is 76.3 cm³/mol. The Hall–Kier alpha value is -1.58. The van der Waals surface area contributed by atoms with E-state index < -0.39 is 32.2 Å². The molecule has 114 valence electrons. The highest BCUT2D eigenvalue weighted by molar-refractivity contribution is 7.89. The highest BCUT2D eigenvalue weighted by Gasteiger charge is 2.22. The summed E-state index contributed by atoms with van der Waals surface area (Å²) in [5.41, 5.74) is 4.34. The minimum Gasteiger partial charge on any atom is -0.394 e. The van der Waals surface area contributed by atoms with Gasteiger partial charge >= 0.3 is 0 Å². The molecule has 2 aromatic rings.